The second-order valence-corrected chi connectivity index (χ2v) is 6.44. The zero-order valence-electron chi connectivity index (χ0n) is 15.4. The van der Waals surface area contributed by atoms with Crippen molar-refractivity contribution in [3.8, 4) is 0 Å². The summed E-state index contributed by atoms with van der Waals surface area (Å²) < 4.78 is 0. The van der Waals surface area contributed by atoms with Gasteiger partial charge in [0.25, 0.3) is 0 Å². The lowest BCUT2D eigenvalue weighted by Gasteiger charge is -2.34. The molecule has 2 N–H and O–H groups in total. The summed E-state index contributed by atoms with van der Waals surface area (Å²) in [6.45, 7) is 7.29. The molecule has 1 rings (SSSR count). The SMILES string of the molecule is CCCCN(C)CCNC(=NC)N1CCC(CC(=O)NC)CC1. The van der Waals surface area contributed by atoms with Gasteiger partial charge in [-0.05, 0) is 38.8 Å². The molecule has 1 aliphatic heterocycles. The van der Waals surface area contributed by atoms with Gasteiger partial charge in [0.15, 0.2) is 5.96 Å². The van der Waals surface area contributed by atoms with Crippen molar-refractivity contribution < 1.29 is 4.79 Å². The molecule has 6 nitrogen and oxygen atoms in total. The first-order chi connectivity index (χ1) is 11.1. The molecule has 0 aromatic heterocycles. The number of likely N-dealkylation sites (N-methyl/N-ethyl adjacent to an activating group) is 1. The van der Waals surface area contributed by atoms with Crippen molar-refractivity contribution in [2.75, 3.05) is 53.9 Å². The fourth-order valence-corrected chi connectivity index (χ4v) is 2.94. The van der Waals surface area contributed by atoms with Gasteiger partial charge in [0, 0.05) is 46.7 Å². The lowest BCUT2D eigenvalue weighted by molar-refractivity contribution is -0.121. The topological polar surface area (TPSA) is 60.0 Å². The van der Waals surface area contributed by atoms with E-state index in [0.29, 0.717) is 12.3 Å². The maximum absolute atomic E-state index is 11.5. The van der Waals surface area contributed by atoms with Crippen LogP contribution in [0.2, 0.25) is 0 Å². The summed E-state index contributed by atoms with van der Waals surface area (Å²) in [4.78, 5) is 20.5. The summed E-state index contributed by atoms with van der Waals surface area (Å²) in [5, 5.41) is 6.19. The maximum atomic E-state index is 11.5. The van der Waals surface area contributed by atoms with Gasteiger partial charge in [-0.15, -0.1) is 0 Å². The largest absolute Gasteiger partial charge is 0.359 e. The summed E-state index contributed by atoms with van der Waals surface area (Å²) in [7, 11) is 5.73. The van der Waals surface area contributed by atoms with Gasteiger partial charge in [0.1, 0.15) is 0 Å². The third-order valence-corrected chi connectivity index (χ3v) is 4.55. The summed E-state index contributed by atoms with van der Waals surface area (Å²) in [6.07, 6.45) is 5.27. The predicted octanol–water partition coefficient (Wildman–Crippen LogP) is 1.14. The van der Waals surface area contributed by atoms with E-state index in [1.807, 2.05) is 7.05 Å². The molecular formula is C17H35N5O. The number of carbonyl (C=O) groups excluding carboxylic acids is 1. The molecule has 0 saturated carbocycles. The first-order valence-corrected chi connectivity index (χ1v) is 8.95. The van der Waals surface area contributed by atoms with Crippen LogP contribution in [0.4, 0.5) is 0 Å². The third-order valence-electron chi connectivity index (χ3n) is 4.55. The van der Waals surface area contributed by atoms with Gasteiger partial charge in [-0.3, -0.25) is 9.79 Å². The van der Waals surface area contributed by atoms with Gasteiger partial charge in [0.05, 0.1) is 0 Å². The second kappa shape index (κ2) is 11.3. The molecule has 6 heteroatoms. The number of guanidine groups is 1. The van der Waals surface area contributed by atoms with Gasteiger partial charge >= 0.3 is 0 Å². The molecule has 1 aliphatic rings. The predicted molar refractivity (Wildman–Crippen MR) is 96.7 cm³/mol. The van der Waals surface area contributed by atoms with Crippen molar-refractivity contribution in [1.82, 2.24) is 20.4 Å². The molecular weight excluding hydrogens is 290 g/mol. The monoisotopic (exact) mass is 325 g/mol. The number of hydrogen-bond donors (Lipinski definition) is 2. The van der Waals surface area contributed by atoms with Crippen LogP contribution in [0, 0.1) is 5.92 Å². The Labute approximate surface area is 141 Å². The summed E-state index contributed by atoms with van der Waals surface area (Å²) in [5.41, 5.74) is 0. The molecule has 0 atom stereocenters. The van der Waals surface area contributed by atoms with Crippen LogP contribution in [0.25, 0.3) is 0 Å². The van der Waals surface area contributed by atoms with E-state index in [4.69, 9.17) is 0 Å². The first kappa shape index (κ1) is 19.7. The minimum atomic E-state index is 0.154. The number of aliphatic imine (C=N–C) groups is 1. The zero-order chi connectivity index (χ0) is 17.1. The molecule has 0 aliphatic carbocycles. The van der Waals surface area contributed by atoms with Gasteiger partial charge < -0.3 is 20.4 Å². The molecule has 0 bridgehead atoms. The fourth-order valence-electron chi connectivity index (χ4n) is 2.94. The molecule has 0 aromatic rings. The van der Waals surface area contributed by atoms with Crippen LogP contribution < -0.4 is 10.6 Å². The molecule has 0 unspecified atom stereocenters. The Morgan fingerprint density at radius 1 is 1.30 bits per heavy atom. The van der Waals surface area contributed by atoms with Crippen LogP contribution >= 0.6 is 0 Å². The van der Waals surface area contributed by atoms with E-state index in [2.05, 4.69) is 39.4 Å². The zero-order valence-corrected chi connectivity index (χ0v) is 15.4. The standard InChI is InChI=1S/C17H35N5O/c1-5-6-10-21(4)13-9-20-17(19-3)22-11-7-15(8-12-22)14-16(23)18-2/h15H,5-14H2,1-4H3,(H,18,23)(H,19,20). The van der Waals surface area contributed by atoms with Crippen LogP contribution in [0.1, 0.15) is 39.0 Å². The first-order valence-electron chi connectivity index (χ1n) is 8.95. The van der Waals surface area contributed by atoms with E-state index in [1.165, 1.54) is 12.8 Å². The Kier molecular flexibility index (Phi) is 9.67. The Hall–Kier alpha value is -1.30. The average molecular weight is 326 g/mol. The molecule has 0 radical (unpaired) electrons. The number of carbonyl (C=O) groups is 1. The van der Waals surface area contributed by atoms with Crippen LogP contribution in [-0.4, -0.2) is 75.5 Å². The quantitative estimate of drug-likeness (QED) is 0.519. The van der Waals surface area contributed by atoms with E-state index in [-0.39, 0.29) is 5.91 Å². The van der Waals surface area contributed by atoms with Crippen molar-refractivity contribution in [2.45, 2.75) is 39.0 Å². The number of nitrogens with one attached hydrogen (secondary N) is 2. The van der Waals surface area contributed by atoms with E-state index in [9.17, 15) is 4.79 Å². The van der Waals surface area contributed by atoms with E-state index < -0.39 is 0 Å². The minimum Gasteiger partial charge on any atom is -0.359 e. The lowest BCUT2D eigenvalue weighted by Crippen LogP contribution is -2.47. The van der Waals surface area contributed by atoms with E-state index in [1.54, 1.807) is 7.05 Å². The Morgan fingerprint density at radius 2 is 2.00 bits per heavy atom. The van der Waals surface area contributed by atoms with Crippen molar-refractivity contribution in [3.63, 3.8) is 0 Å². The highest BCUT2D eigenvalue weighted by Gasteiger charge is 2.22. The number of hydrogen-bond acceptors (Lipinski definition) is 3. The number of likely N-dealkylation sites (tertiary alicyclic amines) is 1. The Balaban J connectivity index is 2.27. The second-order valence-electron chi connectivity index (χ2n) is 6.44. The number of piperidine rings is 1. The van der Waals surface area contributed by atoms with Crippen molar-refractivity contribution >= 4 is 11.9 Å². The summed E-state index contributed by atoms with van der Waals surface area (Å²) >= 11 is 0. The van der Waals surface area contributed by atoms with E-state index >= 15 is 0 Å². The van der Waals surface area contributed by atoms with Crippen molar-refractivity contribution in [2.24, 2.45) is 10.9 Å². The third kappa shape index (κ3) is 7.68. The van der Waals surface area contributed by atoms with Gasteiger partial charge in [-0.25, -0.2) is 0 Å². The van der Waals surface area contributed by atoms with Crippen molar-refractivity contribution in [3.05, 3.63) is 0 Å². The highest BCUT2D eigenvalue weighted by atomic mass is 16.1. The highest BCUT2D eigenvalue weighted by Crippen LogP contribution is 2.20. The summed E-state index contributed by atoms with van der Waals surface area (Å²) in [5.74, 6) is 1.65. The molecule has 1 amide bonds. The van der Waals surface area contributed by atoms with Gasteiger partial charge in [0.2, 0.25) is 5.91 Å². The highest BCUT2D eigenvalue weighted by molar-refractivity contribution is 5.80. The van der Waals surface area contributed by atoms with Crippen LogP contribution in [0.5, 0.6) is 0 Å². The number of nitrogens with zero attached hydrogens (tertiary/aromatic N) is 3. The fraction of sp³-hybridized carbons (Fsp3) is 0.882. The lowest BCUT2D eigenvalue weighted by atomic mass is 9.93. The molecule has 134 valence electrons. The molecule has 0 aromatic carbocycles. The molecule has 23 heavy (non-hydrogen) atoms. The normalized spacial score (nSPS) is 16.7. The molecule has 1 saturated heterocycles. The van der Waals surface area contributed by atoms with Gasteiger partial charge in [-0.1, -0.05) is 13.3 Å². The minimum absolute atomic E-state index is 0.154. The number of amides is 1. The van der Waals surface area contributed by atoms with Crippen LogP contribution in [0.15, 0.2) is 4.99 Å². The maximum Gasteiger partial charge on any atom is 0.220 e. The average Bonchev–Trinajstić information content (AvgIpc) is 2.57. The molecule has 1 fully saturated rings. The Bertz CT molecular complexity index is 364. The number of rotatable bonds is 8. The van der Waals surface area contributed by atoms with Gasteiger partial charge in [-0.2, -0.15) is 0 Å². The smallest absolute Gasteiger partial charge is 0.220 e. The Morgan fingerprint density at radius 3 is 2.57 bits per heavy atom. The van der Waals surface area contributed by atoms with Crippen molar-refractivity contribution in [1.29, 1.82) is 0 Å². The number of unbranched alkanes of at least 4 members (excludes halogenated alkanes) is 1. The molecule has 1 heterocycles. The van der Waals surface area contributed by atoms with E-state index in [0.717, 1.165) is 51.5 Å². The molecule has 0 spiro atoms. The van der Waals surface area contributed by atoms with Crippen LogP contribution in [0.3, 0.4) is 0 Å². The summed E-state index contributed by atoms with van der Waals surface area (Å²) in [6, 6.07) is 0. The van der Waals surface area contributed by atoms with Crippen LogP contribution in [-0.2, 0) is 4.79 Å².